The van der Waals surface area contributed by atoms with E-state index in [0.29, 0.717) is 19.3 Å². The predicted octanol–water partition coefficient (Wildman–Crippen LogP) is 4.00. The van der Waals surface area contributed by atoms with Gasteiger partial charge in [0.1, 0.15) is 23.7 Å². The van der Waals surface area contributed by atoms with E-state index in [4.69, 9.17) is 4.74 Å². The van der Waals surface area contributed by atoms with Crippen LogP contribution in [0.25, 0.3) is 0 Å². The van der Waals surface area contributed by atoms with E-state index >= 15 is 4.79 Å². The summed E-state index contributed by atoms with van der Waals surface area (Å²) in [5, 5.41) is 27.8. The fourth-order valence-corrected chi connectivity index (χ4v) is 11.1. The number of carbonyl (C=O) groups is 3. The van der Waals surface area contributed by atoms with E-state index in [9.17, 15) is 20.1 Å². The number of hydrogen-bond donors (Lipinski definition) is 2. The van der Waals surface area contributed by atoms with Gasteiger partial charge in [0.2, 0.25) is 11.8 Å². The fourth-order valence-electron chi connectivity index (χ4n) is 11.1. The first-order chi connectivity index (χ1) is 29.7. The molecular formula is C48H66N10O4. The molecule has 2 aliphatic carbocycles. The number of amides is 3. The lowest BCUT2D eigenvalue weighted by atomic mass is 9.92. The van der Waals surface area contributed by atoms with Crippen molar-refractivity contribution in [3.63, 3.8) is 0 Å². The van der Waals surface area contributed by atoms with Gasteiger partial charge in [0.15, 0.2) is 0 Å². The maximum absolute atomic E-state index is 15.2. The lowest BCUT2D eigenvalue weighted by Crippen LogP contribution is -2.62. The van der Waals surface area contributed by atoms with E-state index < -0.39 is 41.4 Å². The van der Waals surface area contributed by atoms with Gasteiger partial charge < -0.3 is 34.6 Å². The standard InChI is InChI=1S/C48H66N10O4/c1-47(2,3)62-46(61)58-40-15-10-35(28-40)43(58)45(60)57(41(31-50)27-34-8-13-39(14-9-34)56-24-20-54(5)21-25-56)32-48-17-16-36(29-48)42(52-48)44(59)51-37(30-49)26-33-6-11-38(12-7-33)55-22-18-53(4)19-23-55/h6-9,11-14,35-37,40-43,52H,10,15-29,32H2,1-5H3,(H,51,59)/t35-,36-,37-,40+,41?,42-,43-,48+/m0/s1. The van der Waals surface area contributed by atoms with Gasteiger partial charge in [-0.15, -0.1) is 0 Å². The topological polar surface area (TPSA) is 152 Å². The van der Waals surface area contributed by atoms with Gasteiger partial charge in [0.25, 0.3) is 0 Å². The van der Waals surface area contributed by atoms with Gasteiger partial charge in [-0.1, -0.05) is 24.3 Å². The molecule has 62 heavy (non-hydrogen) atoms. The zero-order valence-electron chi connectivity index (χ0n) is 37.4. The molecule has 6 aliphatic rings. The molecule has 4 aliphatic heterocycles. The summed E-state index contributed by atoms with van der Waals surface area (Å²) < 4.78 is 5.88. The van der Waals surface area contributed by atoms with Crippen LogP contribution in [-0.4, -0.2) is 152 Å². The third-order valence-corrected chi connectivity index (χ3v) is 14.5. The van der Waals surface area contributed by atoms with Crippen molar-refractivity contribution in [1.29, 1.82) is 10.5 Å². The Balaban J connectivity index is 0.983. The highest BCUT2D eigenvalue weighted by Gasteiger charge is 2.57. The van der Waals surface area contributed by atoms with Gasteiger partial charge in [-0.2, -0.15) is 10.5 Å². The first-order valence-corrected chi connectivity index (χ1v) is 23.0. The average Bonchev–Trinajstić information content (AvgIpc) is 4.07. The zero-order chi connectivity index (χ0) is 43.8. The normalized spacial score (nSPS) is 28.3. The third-order valence-electron chi connectivity index (χ3n) is 14.5. The molecule has 14 heteroatoms. The number of nitrogens with one attached hydrogen (secondary N) is 2. The number of benzene rings is 2. The maximum Gasteiger partial charge on any atom is 0.411 e. The number of piperazine rings is 2. The number of ether oxygens (including phenoxy) is 1. The Bertz CT molecular complexity index is 2010. The Kier molecular flexibility index (Phi) is 12.8. The van der Waals surface area contributed by atoms with Crippen LogP contribution in [0.4, 0.5) is 16.2 Å². The summed E-state index contributed by atoms with van der Waals surface area (Å²) in [7, 11) is 4.28. The van der Waals surface area contributed by atoms with Crippen LogP contribution in [0, 0.1) is 34.5 Å². The van der Waals surface area contributed by atoms with E-state index in [1.807, 2.05) is 32.9 Å². The molecule has 2 aromatic rings. The van der Waals surface area contributed by atoms with Crippen LogP contribution in [0.2, 0.25) is 0 Å². The van der Waals surface area contributed by atoms with Crippen LogP contribution in [0.5, 0.6) is 0 Å². The molecule has 6 fully saturated rings. The smallest absolute Gasteiger partial charge is 0.411 e. The lowest BCUT2D eigenvalue weighted by Gasteiger charge is -2.42. The van der Waals surface area contributed by atoms with Gasteiger partial charge in [0, 0.05) is 94.7 Å². The third kappa shape index (κ3) is 9.53. The molecule has 3 amide bonds. The van der Waals surface area contributed by atoms with Gasteiger partial charge in [-0.3, -0.25) is 19.8 Å². The van der Waals surface area contributed by atoms with Gasteiger partial charge in [-0.25, -0.2) is 4.79 Å². The van der Waals surface area contributed by atoms with Crippen molar-refractivity contribution < 1.29 is 19.1 Å². The highest BCUT2D eigenvalue weighted by molar-refractivity contribution is 5.88. The van der Waals surface area contributed by atoms with E-state index in [-0.39, 0.29) is 36.2 Å². The SMILES string of the molecule is CN1CCN(c2ccc(CC(C#N)N(C[C@@]34CC[C@@H](C3)[C@@H](C(=O)N[C@H](C#N)Cc3ccc(N5CCN(C)CC5)cc3)N4)C(=O)[C@@H]3[C@H]4CC[C@H](C4)N3C(=O)OC(C)(C)C)cc2)CC1. The number of hydrogen-bond acceptors (Lipinski definition) is 11. The number of rotatable bonds is 12. The van der Waals surface area contributed by atoms with Crippen molar-refractivity contribution in [3.05, 3.63) is 59.7 Å². The second kappa shape index (κ2) is 18.1. The Morgan fingerprint density at radius 3 is 1.95 bits per heavy atom. The molecule has 0 radical (unpaired) electrons. The summed E-state index contributed by atoms with van der Waals surface area (Å²) in [6.07, 6.45) is 4.86. The van der Waals surface area contributed by atoms with Crippen LogP contribution >= 0.6 is 0 Å². The Morgan fingerprint density at radius 2 is 1.40 bits per heavy atom. The number of nitrogens with zero attached hydrogens (tertiary/aromatic N) is 8. The molecule has 4 saturated heterocycles. The monoisotopic (exact) mass is 847 g/mol. The number of likely N-dealkylation sites (N-methyl/N-ethyl adjacent to an activating group) is 2. The van der Waals surface area contributed by atoms with Crippen molar-refractivity contribution in [1.82, 2.24) is 30.2 Å². The highest BCUT2D eigenvalue weighted by atomic mass is 16.6. The minimum atomic E-state index is -0.801. The first kappa shape index (κ1) is 43.7. The lowest BCUT2D eigenvalue weighted by molar-refractivity contribution is -0.141. The minimum absolute atomic E-state index is 0.0143. The second-order valence-electron chi connectivity index (χ2n) is 20.1. The van der Waals surface area contributed by atoms with Crippen molar-refractivity contribution in [2.24, 2.45) is 11.8 Å². The van der Waals surface area contributed by atoms with Crippen molar-refractivity contribution >= 4 is 29.3 Å². The van der Waals surface area contributed by atoms with Crippen LogP contribution in [0.3, 0.4) is 0 Å². The van der Waals surface area contributed by atoms with Gasteiger partial charge >= 0.3 is 6.09 Å². The van der Waals surface area contributed by atoms with Gasteiger partial charge in [-0.05, 0) is 121 Å². The molecule has 1 unspecified atom stereocenters. The zero-order valence-corrected chi connectivity index (χ0v) is 37.4. The summed E-state index contributed by atoms with van der Waals surface area (Å²) >= 11 is 0. The van der Waals surface area contributed by atoms with Crippen LogP contribution < -0.4 is 20.4 Å². The number of likely N-dealkylation sites (tertiary alicyclic amines) is 1. The first-order valence-electron chi connectivity index (χ1n) is 23.0. The summed E-state index contributed by atoms with van der Waals surface area (Å²) in [5.41, 5.74) is 2.93. The fraction of sp³-hybridized carbons (Fsp3) is 0.646. The van der Waals surface area contributed by atoms with E-state index in [0.717, 1.165) is 101 Å². The average molecular weight is 847 g/mol. The van der Waals surface area contributed by atoms with Crippen molar-refractivity contribution in [2.75, 3.05) is 82.8 Å². The van der Waals surface area contributed by atoms with Crippen LogP contribution in [0.1, 0.15) is 70.4 Å². The minimum Gasteiger partial charge on any atom is -0.444 e. The summed E-state index contributed by atoms with van der Waals surface area (Å²) in [6.45, 7) is 13.7. The molecule has 0 aromatic heterocycles. The summed E-state index contributed by atoms with van der Waals surface area (Å²) in [4.78, 5) is 55.8. The van der Waals surface area contributed by atoms with E-state index in [2.05, 4.69) is 92.9 Å². The second-order valence-corrected chi connectivity index (χ2v) is 20.1. The molecule has 2 saturated carbocycles. The molecule has 332 valence electrons. The summed E-state index contributed by atoms with van der Waals surface area (Å²) in [5.74, 6) is -0.423. The molecule has 8 atom stereocenters. The molecule has 4 bridgehead atoms. The molecule has 2 N–H and O–H groups in total. The Labute approximate surface area is 368 Å². The van der Waals surface area contributed by atoms with Gasteiger partial charge in [0.05, 0.1) is 18.2 Å². The summed E-state index contributed by atoms with van der Waals surface area (Å²) in [6, 6.07) is 18.7. The number of carbonyl (C=O) groups excluding carboxylic acids is 3. The Morgan fingerprint density at radius 1 is 0.823 bits per heavy atom. The largest absolute Gasteiger partial charge is 0.444 e. The Hall–Kier alpha value is -4.89. The quantitative estimate of drug-likeness (QED) is 0.319. The molecular weight excluding hydrogens is 781 g/mol. The van der Waals surface area contributed by atoms with Crippen molar-refractivity contribution in [3.8, 4) is 12.1 Å². The predicted molar refractivity (Wildman–Crippen MR) is 238 cm³/mol. The number of fused-ring (bicyclic) bond motifs is 4. The van der Waals surface area contributed by atoms with Crippen LogP contribution in [0.15, 0.2) is 48.5 Å². The molecule has 14 nitrogen and oxygen atoms in total. The van der Waals surface area contributed by atoms with E-state index in [1.54, 1.807) is 9.80 Å². The molecule has 2 aromatic carbocycles. The van der Waals surface area contributed by atoms with Crippen molar-refractivity contribution in [2.45, 2.75) is 113 Å². The molecule has 4 heterocycles. The highest BCUT2D eigenvalue weighted by Crippen LogP contribution is 2.47. The van der Waals surface area contributed by atoms with Crippen LogP contribution in [-0.2, 0) is 27.2 Å². The molecule has 8 rings (SSSR count). The maximum atomic E-state index is 15.2. The number of anilines is 2. The number of nitriles is 2. The van der Waals surface area contributed by atoms with E-state index in [1.165, 1.54) is 5.69 Å². The number of piperidine rings is 2. The molecule has 0 spiro atoms.